The SMILES string of the molecule is CCCCCC(C)NC1CC(C(C)C)CCC1C. The highest BCUT2D eigenvalue weighted by Crippen LogP contribution is 2.33. The zero-order chi connectivity index (χ0) is 13.5. The minimum absolute atomic E-state index is 0.704. The standard InChI is InChI=1S/C17H35N/c1-6-7-8-9-15(5)18-17-12-16(13(2)3)11-10-14(17)4/h13-18H,6-12H2,1-5H3. The molecule has 0 saturated heterocycles. The van der Waals surface area contributed by atoms with Crippen LogP contribution in [0.3, 0.4) is 0 Å². The molecule has 0 bridgehead atoms. The maximum atomic E-state index is 3.91. The van der Waals surface area contributed by atoms with E-state index in [-0.39, 0.29) is 0 Å². The van der Waals surface area contributed by atoms with Crippen molar-refractivity contribution in [2.45, 2.75) is 91.6 Å². The first-order valence-electron chi connectivity index (χ1n) is 8.30. The zero-order valence-corrected chi connectivity index (χ0v) is 13.3. The van der Waals surface area contributed by atoms with Gasteiger partial charge in [0.05, 0.1) is 0 Å². The quantitative estimate of drug-likeness (QED) is 0.629. The second kappa shape index (κ2) is 8.19. The molecule has 1 nitrogen and oxygen atoms in total. The molecule has 1 heteroatoms. The Hall–Kier alpha value is -0.0400. The lowest BCUT2D eigenvalue weighted by Gasteiger charge is -2.38. The van der Waals surface area contributed by atoms with Crippen molar-refractivity contribution in [1.29, 1.82) is 0 Å². The van der Waals surface area contributed by atoms with Crippen molar-refractivity contribution < 1.29 is 0 Å². The fourth-order valence-electron chi connectivity index (χ4n) is 3.34. The Bertz CT molecular complexity index is 212. The Morgan fingerprint density at radius 2 is 1.83 bits per heavy atom. The van der Waals surface area contributed by atoms with Gasteiger partial charge >= 0.3 is 0 Å². The summed E-state index contributed by atoms with van der Waals surface area (Å²) in [4.78, 5) is 0. The molecule has 1 saturated carbocycles. The molecule has 0 aromatic heterocycles. The van der Waals surface area contributed by atoms with E-state index in [2.05, 4.69) is 39.9 Å². The molecule has 108 valence electrons. The van der Waals surface area contributed by atoms with E-state index in [1.54, 1.807) is 0 Å². The molecule has 0 spiro atoms. The van der Waals surface area contributed by atoms with Gasteiger partial charge in [-0.3, -0.25) is 0 Å². The fraction of sp³-hybridized carbons (Fsp3) is 1.00. The molecule has 0 amide bonds. The maximum absolute atomic E-state index is 3.91. The average Bonchev–Trinajstić information content (AvgIpc) is 2.32. The van der Waals surface area contributed by atoms with Gasteiger partial charge < -0.3 is 5.32 Å². The Balaban J connectivity index is 2.33. The summed E-state index contributed by atoms with van der Waals surface area (Å²) in [6.07, 6.45) is 9.73. The Kier molecular flexibility index (Phi) is 7.29. The summed E-state index contributed by atoms with van der Waals surface area (Å²) < 4.78 is 0. The van der Waals surface area contributed by atoms with E-state index in [0.717, 1.165) is 23.8 Å². The summed E-state index contributed by atoms with van der Waals surface area (Å²) in [5, 5.41) is 3.91. The van der Waals surface area contributed by atoms with Crippen molar-refractivity contribution in [3.8, 4) is 0 Å². The lowest BCUT2D eigenvalue weighted by Crippen LogP contribution is -2.45. The Labute approximate surface area is 115 Å². The third kappa shape index (κ3) is 5.30. The fourth-order valence-corrected chi connectivity index (χ4v) is 3.34. The first-order valence-corrected chi connectivity index (χ1v) is 8.30. The summed E-state index contributed by atoms with van der Waals surface area (Å²) in [6.45, 7) is 11.9. The number of unbranched alkanes of at least 4 members (excludes halogenated alkanes) is 2. The molecular formula is C17H35N. The molecule has 1 aliphatic carbocycles. The van der Waals surface area contributed by atoms with Gasteiger partial charge in [0.15, 0.2) is 0 Å². The summed E-state index contributed by atoms with van der Waals surface area (Å²) in [7, 11) is 0. The molecule has 0 aliphatic heterocycles. The number of nitrogens with one attached hydrogen (secondary N) is 1. The van der Waals surface area contributed by atoms with Gasteiger partial charge in [0.25, 0.3) is 0 Å². The molecule has 1 rings (SSSR count). The summed E-state index contributed by atoms with van der Waals surface area (Å²) in [6, 6.07) is 1.47. The van der Waals surface area contributed by atoms with Gasteiger partial charge in [-0.2, -0.15) is 0 Å². The highest BCUT2D eigenvalue weighted by atomic mass is 15.0. The van der Waals surface area contributed by atoms with Crippen molar-refractivity contribution >= 4 is 0 Å². The van der Waals surface area contributed by atoms with Gasteiger partial charge in [-0.25, -0.2) is 0 Å². The molecule has 0 heterocycles. The second-order valence-corrected chi connectivity index (χ2v) is 6.96. The summed E-state index contributed by atoms with van der Waals surface area (Å²) >= 11 is 0. The van der Waals surface area contributed by atoms with Crippen molar-refractivity contribution in [2.24, 2.45) is 17.8 Å². The molecular weight excluding hydrogens is 218 g/mol. The number of hydrogen-bond donors (Lipinski definition) is 1. The molecule has 1 aliphatic rings. The Morgan fingerprint density at radius 3 is 2.44 bits per heavy atom. The van der Waals surface area contributed by atoms with Crippen LogP contribution in [-0.4, -0.2) is 12.1 Å². The van der Waals surface area contributed by atoms with Crippen molar-refractivity contribution in [3.05, 3.63) is 0 Å². The first-order chi connectivity index (χ1) is 8.54. The highest BCUT2D eigenvalue weighted by Gasteiger charge is 2.29. The zero-order valence-electron chi connectivity index (χ0n) is 13.3. The van der Waals surface area contributed by atoms with Crippen molar-refractivity contribution in [1.82, 2.24) is 5.32 Å². The summed E-state index contributed by atoms with van der Waals surface area (Å²) in [5.41, 5.74) is 0. The van der Waals surface area contributed by atoms with E-state index in [1.165, 1.54) is 44.9 Å². The maximum Gasteiger partial charge on any atom is 0.00979 e. The van der Waals surface area contributed by atoms with Gasteiger partial charge in [-0.05, 0) is 50.4 Å². The molecule has 0 aromatic rings. The molecule has 0 aromatic carbocycles. The van der Waals surface area contributed by atoms with Gasteiger partial charge in [0.1, 0.15) is 0 Å². The van der Waals surface area contributed by atoms with Gasteiger partial charge in [-0.1, -0.05) is 47.0 Å². The largest absolute Gasteiger partial charge is 0.311 e. The number of rotatable bonds is 7. The minimum atomic E-state index is 0.704. The van der Waals surface area contributed by atoms with Crippen LogP contribution in [0.2, 0.25) is 0 Å². The molecule has 0 radical (unpaired) electrons. The average molecular weight is 253 g/mol. The third-order valence-corrected chi connectivity index (χ3v) is 4.92. The Morgan fingerprint density at radius 1 is 1.11 bits per heavy atom. The topological polar surface area (TPSA) is 12.0 Å². The van der Waals surface area contributed by atoms with Gasteiger partial charge in [-0.15, -0.1) is 0 Å². The molecule has 1 N–H and O–H groups in total. The predicted molar refractivity (Wildman–Crippen MR) is 81.9 cm³/mol. The molecule has 4 unspecified atom stereocenters. The van der Waals surface area contributed by atoms with Crippen molar-refractivity contribution in [2.75, 3.05) is 0 Å². The lowest BCUT2D eigenvalue weighted by molar-refractivity contribution is 0.170. The first kappa shape index (κ1) is 16.0. The van der Waals surface area contributed by atoms with E-state index in [1.807, 2.05) is 0 Å². The highest BCUT2D eigenvalue weighted by molar-refractivity contribution is 4.85. The van der Waals surface area contributed by atoms with E-state index < -0.39 is 0 Å². The normalized spacial score (nSPS) is 30.7. The minimum Gasteiger partial charge on any atom is -0.311 e. The van der Waals surface area contributed by atoms with E-state index >= 15 is 0 Å². The van der Waals surface area contributed by atoms with Crippen LogP contribution in [0.1, 0.15) is 79.6 Å². The van der Waals surface area contributed by atoms with Crippen LogP contribution in [0.4, 0.5) is 0 Å². The summed E-state index contributed by atoms with van der Waals surface area (Å²) in [5.74, 6) is 2.67. The van der Waals surface area contributed by atoms with Crippen LogP contribution in [0.15, 0.2) is 0 Å². The smallest absolute Gasteiger partial charge is 0.00979 e. The van der Waals surface area contributed by atoms with Crippen LogP contribution < -0.4 is 5.32 Å². The van der Waals surface area contributed by atoms with Gasteiger partial charge in [0.2, 0.25) is 0 Å². The predicted octanol–water partition coefficient (Wildman–Crippen LogP) is 5.01. The van der Waals surface area contributed by atoms with Crippen LogP contribution >= 0.6 is 0 Å². The van der Waals surface area contributed by atoms with E-state index in [4.69, 9.17) is 0 Å². The van der Waals surface area contributed by atoms with Crippen molar-refractivity contribution in [3.63, 3.8) is 0 Å². The monoisotopic (exact) mass is 253 g/mol. The van der Waals surface area contributed by atoms with Crippen LogP contribution in [0.25, 0.3) is 0 Å². The van der Waals surface area contributed by atoms with Gasteiger partial charge in [0, 0.05) is 12.1 Å². The van der Waals surface area contributed by atoms with Crippen LogP contribution in [0.5, 0.6) is 0 Å². The number of hydrogen-bond acceptors (Lipinski definition) is 1. The molecule has 1 fully saturated rings. The lowest BCUT2D eigenvalue weighted by atomic mass is 9.74. The molecule has 4 atom stereocenters. The third-order valence-electron chi connectivity index (χ3n) is 4.92. The van der Waals surface area contributed by atoms with E-state index in [9.17, 15) is 0 Å². The molecule has 18 heavy (non-hydrogen) atoms. The van der Waals surface area contributed by atoms with E-state index in [0.29, 0.717) is 6.04 Å². The second-order valence-electron chi connectivity index (χ2n) is 6.96. The van der Waals surface area contributed by atoms with Crippen LogP contribution in [0, 0.1) is 17.8 Å². The van der Waals surface area contributed by atoms with Crippen LogP contribution in [-0.2, 0) is 0 Å².